The summed E-state index contributed by atoms with van der Waals surface area (Å²) in [5.41, 5.74) is 1.07. The van der Waals surface area contributed by atoms with Crippen molar-refractivity contribution in [1.29, 1.82) is 5.26 Å². The normalized spacial score (nSPS) is 19.0. The van der Waals surface area contributed by atoms with E-state index in [4.69, 9.17) is 10.00 Å². The monoisotopic (exact) mass is 290 g/mol. The van der Waals surface area contributed by atoms with E-state index in [0.717, 1.165) is 25.8 Å². The number of nitriles is 1. The summed E-state index contributed by atoms with van der Waals surface area (Å²) in [6.07, 6.45) is 2.72. The van der Waals surface area contributed by atoms with Crippen LogP contribution in [-0.4, -0.2) is 30.1 Å². The van der Waals surface area contributed by atoms with Crippen molar-refractivity contribution in [3.8, 4) is 6.07 Å². The molecular weight excluding hydrogens is 271 g/mol. The molecule has 1 aromatic rings. The number of likely N-dealkylation sites (tertiary alicyclic amines) is 1. The fourth-order valence-corrected chi connectivity index (χ4v) is 2.71. The van der Waals surface area contributed by atoms with Gasteiger partial charge in [0.05, 0.1) is 18.2 Å². The van der Waals surface area contributed by atoms with E-state index in [-0.39, 0.29) is 17.8 Å². The zero-order valence-electron chi connectivity index (χ0n) is 12.1. The van der Waals surface area contributed by atoms with Gasteiger partial charge < -0.3 is 4.74 Å². The molecule has 21 heavy (non-hydrogen) atoms. The van der Waals surface area contributed by atoms with Crippen LogP contribution in [-0.2, 0) is 16.1 Å². The topological polar surface area (TPSA) is 53.3 Å². The Morgan fingerprint density at radius 3 is 3.05 bits per heavy atom. The minimum absolute atomic E-state index is 0.230. The molecule has 0 radical (unpaired) electrons. The number of nitrogens with zero attached hydrogens (tertiary/aromatic N) is 2. The minimum Gasteiger partial charge on any atom is -0.465 e. The zero-order valence-corrected chi connectivity index (χ0v) is 12.1. The van der Waals surface area contributed by atoms with E-state index >= 15 is 0 Å². The minimum atomic E-state index is -0.367. The molecule has 4 nitrogen and oxygen atoms in total. The standard InChI is InChI=1S/C16H19FN2O2/c1-2-21-16(20)15-5-3-4-8-19(15)11-13-9-14(17)7-6-12(13)10-18/h6-7,9,15H,2-5,8,11H2,1H3. The second kappa shape index (κ2) is 7.19. The summed E-state index contributed by atoms with van der Waals surface area (Å²) >= 11 is 0. The summed E-state index contributed by atoms with van der Waals surface area (Å²) in [7, 11) is 0. The second-order valence-corrected chi connectivity index (χ2v) is 5.15. The summed E-state index contributed by atoms with van der Waals surface area (Å²) in [5.74, 6) is -0.596. The van der Waals surface area contributed by atoms with Crippen molar-refractivity contribution in [2.75, 3.05) is 13.2 Å². The van der Waals surface area contributed by atoms with Gasteiger partial charge >= 0.3 is 5.97 Å². The molecule has 0 bridgehead atoms. The van der Waals surface area contributed by atoms with Gasteiger partial charge in [0.15, 0.2) is 0 Å². The van der Waals surface area contributed by atoms with Gasteiger partial charge in [-0.05, 0) is 50.1 Å². The maximum absolute atomic E-state index is 13.4. The predicted molar refractivity (Wildman–Crippen MR) is 75.8 cm³/mol. The molecule has 1 fully saturated rings. The van der Waals surface area contributed by atoms with Crippen LogP contribution in [0.15, 0.2) is 18.2 Å². The molecule has 1 unspecified atom stereocenters. The number of halogens is 1. The van der Waals surface area contributed by atoms with Crippen LogP contribution in [0, 0.1) is 17.1 Å². The number of piperidine rings is 1. The van der Waals surface area contributed by atoms with E-state index in [0.29, 0.717) is 24.3 Å². The summed E-state index contributed by atoms with van der Waals surface area (Å²) in [6.45, 7) is 3.28. The van der Waals surface area contributed by atoms with Gasteiger partial charge in [-0.25, -0.2) is 4.39 Å². The Balaban J connectivity index is 2.18. The van der Waals surface area contributed by atoms with E-state index in [9.17, 15) is 9.18 Å². The van der Waals surface area contributed by atoms with Crippen LogP contribution >= 0.6 is 0 Å². The van der Waals surface area contributed by atoms with Crippen LogP contribution in [0.25, 0.3) is 0 Å². The average molecular weight is 290 g/mol. The van der Waals surface area contributed by atoms with Crippen LogP contribution in [0.2, 0.25) is 0 Å². The Bertz CT molecular complexity index is 554. The van der Waals surface area contributed by atoms with E-state index in [2.05, 4.69) is 6.07 Å². The first-order valence-corrected chi connectivity index (χ1v) is 7.25. The van der Waals surface area contributed by atoms with Crippen LogP contribution in [0.5, 0.6) is 0 Å². The number of rotatable bonds is 4. The van der Waals surface area contributed by atoms with E-state index in [1.807, 2.05) is 4.90 Å². The molecule has 0 N–H and O–H groups in total. The fraction of sp³-hybridized carbons (Fsp3) is 0.500. The highest BCUT2D eigenvalue weighted by molar-refractivity contribution is 5.75. The molecule has 1 aromatic carbocycles. The summed E-state index contributed by atoms with van der Waals surface area (Å²) in [4.78, 5) is 14.0. The molecule has 1 aliphatic rings. The smallest absolute Gasteiger partial charge is 0.323 e. The van der Waals surface area contributed by atoms with Gasteiger partial charge in [-0.3, -0.25) is 9.69 Å². The van der Waals surface area contributed by atoms with Crippen molar-refractivity contribution >= 4 is 5.97 Å². The maximum atomic E-state index is 13.4. The maximum Gasteiger partial charge on any atom is 0.323 e. The zero-order chi connectivity index (χ0) is 15.2. The highest BCUT2D eigenvalue weighted by Crippen LogP contribution is 2.22. The molecule has 0 amide bonds. The lowest BCUT2D eigenvalue weighted by molar-refractivity contribution is -0.151. The third-order valence-corrected chi connectivity index (χ3v) is 3.73. The number of esters is 1. The summed E-state index contributed by atoms with van der Waals surface area (Å²) in [6, 6.07) is 5.90. The Morgan fingerprint density at radius 1 is 1.52 bits per heavy atom. The van der Waals surface area contributed by atoms with Crippen molar-refractivity contribution in [3.63, 3.8) is 0 Å². The van der Waals surface area contributed by atoms with Gasteiger partial charge in [0.25, 0.3) is 0 Å². The largest absolute Gasteiger partial charge is 0.465 e. The lowest BCUT2D eigenvalue weighted by Gasteiger charge is -2.34. The van der Waals surface area contributed by atoms with Gasteiger partial charge in [-0.2, -0.15) is 5.26 Å². The number of hydrogen-bond donors (Lipinski definition) is 0. The SMILES string of the molecule is CCOC(=O)C1CCCCN1Cc1cc(F)ccc1C#N. The fourth-order valence-electron chi connectivity index (χ4n) is 2.71. The lowest BCUT2D eigenvalue weighted by Crippen LogP contribution is -2.45. The quantitative estimate of drug-likeness (QED) is 0.800. The van der Waals surface area contributed by atoms with Crippen molar-refractivity contribution in [3.05, 3.63) is 35.1 Å². The van der Waals surface area contributed by atoms with Crippen LogP contribution < -0.4 is 0 Å². The Kier molecular flexibility index (Phi) is 5.29. The van der Waals surface area contributed by atoms with Gasteiger partial charge in [-0.1, -0.05) is 6.42 Å². The lowest BCUT2D eigenvalue weighted by atomic mass is 10.00. The third kappa shape index (κ3) is 3.79. The molecule has 0 aromatic heterocycles. The number of ether oxygens (including phenoxy) is 1. The van der Waals surface area contributed by atoms with Gasteiger partial charge in [-0.15, -0.1) is 0 Å². The van der Waals surface area contributed by atoms with E-state index in [1.54, 1.807) is 6.92 Å². The van der Waals surface area contributed by atoms with Gasteiger partial charge in [0, 0.05) is 6.54 Å². The third-order valence-electron chi connectivity index (χ3n) is 3.73. The molecule has 1 saturated heterocycles. The highest BCUT2D eigenvalue weighted by atomic mass is 19.1. The molecule has 2 rings (SSSR count). The van der Waals surface area contributed by atoms with E-state index < -0.39 is 0 Å². The summed E-state index contributed by atoms with van der Waals surface area (Å²) in [5, 5.41) is 9.12. The highest BCUT2D eigenvalue weighted by Gasteiger charge is 2.30. The molecular formula is C16H19FN2O2. The molecule has 0 aliphatic carbocycles. The summed E-state index contributed by atoms with van der Waals surface area (Å²) < 4.78 is 18.5. The Hall–Kier alpha value is -1.93. The predicted octanol–water partition coefficient (Wildman–Crippen LogP) is 2.61. The number of carbonyl (C=O) groups is 1. The first-order chi connectivity index (χ1) is 10.2. The molecule has 1 aliphatic heterocycles. The number of benzene rings is 1. The molecule has 0 spiro atoms. The van der Waals surface area contributed by atoms with Gasteiger partial charge in [0.1, 0.15) is 11.9 Å². The number of carbonyl (C=O) groups excluding carboxylic acids is 1. The Morgan fingerprint density at radius 2 is 2.33 bits per heavy atom. The number of hydrogen-bond acceptors (Lipinski definition) is 4. The van der Waals surface area contributed by atoms with Crippen molar-refractivity contribution in [1.82, 2.24) is 4.90 Å². The average Bonchev–Trinajstić information content (AvgIpc) is 2.48. The molecule has 1 atom stereocenters. The van der Waals surface area contributed by atoms with Crippen molar-refractivity contribution < 1.29 is 13.9 Å². The Labute approximate surface area is 124 Å². The molecule has 112 valence electrons. The first-order valence-electron chi connectivity index (χ1n) is 7.25. The van der Waals surface area contributed by atoms with Crippen LogP contribution in [0.1, 0.15) is 37.3 Å². The first kappa shape index (κ1) is 15.5. The second-order valence-electron chi connectivity index (χ2n) is 5.15. The van der Waals surface area contributed by atoms with E-state index in [1.165, 1.54) is 18.2 Å². The van der Waals surface area contributed by atoms with Crippen molar-refractivity contribution in [2.24, 2.45) is 0 Å². The van der Waals surface area contributed by atoms with Crippen LogP contribution in [0.3, 0.4) is 0 Å². The molecule has 0 saturated carbocycles. The van der Waals surface area contributed by atoms with Crippen molar-refractivity contribution in [2.45, 2.75) is 38.8 Å². The molecule has 5 heteroatoms. The van der Waals surface area contributed by atoms with Gasteiger partial charge in [0.2, 0.25) is 0 Å². The van der Waals surface area contributed by atoms with Crippen LogP contribution in [0.4, 0.5) is 4.39 Å². The molecule has 1 heterocycles.